The third kappa shape index (κ3) is 2.12. The van der Waals surface area contributed by atoms with Gasteiger partial charge in [-0.3, -0.25) is 0 Å². The second-order valence-corrected chi connectivity index (χ2v) is 4.33. The molecule has 16 heavy (non-hydrogen) atoms. The SMILES string of the molecule is FC(F)(F)c1cc(Cl)c2cc(Br)cnc2n1. The highest BCUT2D eigenvalue weighted by Crippen LogP contribution is 2.32. The van der Waals surface area contributed by atoms with Crippen LogP contribution in [-0.4, -0.2) is 9.97 Å². The highest BCUT2D eigenvalue weighted by molar-refractivity contribution is 9.10. The summed E-state index contributed by atoms with van der Waals surface area (Å²) in [4.78, 5) is 7.18. The van der Waals surface area contributed by atoms with Crippen LogP contribution in [0.5, 0.6) is 0 Å². The van der Waals surface area contributed by atoms with Gasteiger partial charge in [0.25, 0.3) is 0 Å². The standard InChI is InChI=1S/C9H3BrClF3N2/c10-4-1-5-6(11)2-7(9(12,13)14)16-8(5)15-3-4/h1-3H. The molecule has 2 heterocycles. The predicted octanol–water partition coefficient (Wildman–Crippen LogP) is 4.06. The van der Waals surface area contributed by atoms with E-state index in [2.05, 4.69) is 25.9 Å². The Bertz CT molecular complexity index is 556. The van der Waals surface area contributed by atoms with E-state index >= 15 is 0 Å². The van der Waals surface area contributed by atoms with Gasteiger partial charge < -0.3 is 0 Å². The third-order valence-electron chi connectivity index (χ3n) is 1.87. The lowest BCUT2D eigenvalue weighted by atomic mass is 10.2. The molecule has 84 valence electrons. The number of fused-ring (bicyclic) bond motifs is 1. The lowest BCUT2D eigenvalue weighted by Crippen LogP contribution is -2.08. The lowest BCUT2D eigenvalue weighted by molar-refractivity contribution is -0.141. The summed E-state index contributed by atoms with van der Waals surface area (Å²) in [5, 5.41) is 0.357. The quantitative estimate of drug-likeness (QED) is 0.733. The second kappa shape index (κ2) is 3.85. The van der Waals surface area contributed by atoms with Crippen LogP contribution in [0.2, 0.25) is 5.02 Å². The maximum atomic E-state index is 12.4. The van der Waals surface area contributed by atoms with Crippen molar-refractivity contribution in [2.24, 2.45) is 0 Å². The molecule has 0 radical (unpaired) electrons. The molecule has 2 rings (SSSR count). The Labute approximate surface area is 102 Å². The normalized spacial score (nSPS) is 12.1. The number of rotatable bonds is 0. The van der Waals surface area contributed by atoms with Crippen LogP contribution in [0.25, 0.3) is 11.0 Å². The molecule has 2 aromatic rings. The Morgan fingerprint density at radius 3 is 2.56 bits per heavy atom. The summed E-state index contributed by atoms with van der Waals surface area (Å²) in [5.74, 6) is 0. The molecule has 2 aromatic heterocycles. The van der Waals surface area contributed by atoms with Crippen molar-refractivity contribution in [1.82, 2.24) is 9.97 Å². The van der Waals surface area contributed by atoms with Gasteiger partial charge in [-0.25, -0.2) is 9.97 Å². The molecular formula is C9H3BrClF3N2. The lowest BCUT2D eigenvalue weighted by Gasteiger charge is -2.07. The smallest absolute Gasteiger partial charge is 0.235 e. The first-order valence-electron chi connectivity index (χ1n) is 4.07. The van der Waals surface area contributed by atoms with Crippen molar-refractivity contribution < 1.29 is 13.2 Å². The molecule has 0 fully saturated rings. The van der Waals surface area contributed by atoms with Crippen molar-refractivity contribution >= 4 is 38.6 Å². The van der Waals surface area contributed by atoms with Gasteiger partial charge in [-0.2, -0.15) is 13.2 Å². The molecule has 0 saturated heterocycles. The monoisotopic (exact) mass is 310 g/mol. The van der Waals surface area contributed by atoms with Gasteiger partial charge in [0.15, 0.2) is 5.65 Å². The van der Waals surface area contributed by atoms with E-state index in [1.54, 1.807) is 6.07 Å². The summed E-state index contributed by atoms with van der Waals surface area (Å²) >= 11 is 8.89. The zero-order valence-corrected chi connectivity index (χ0v) is 9.86. The number of hydrogen-bond acceptors (Lipinski definition) is 2. The van der Waals surface area contributed by atoms with E-state index in [4.69, 9.17) is 11.6 Å². The summed E-state index contributed by atoms with van der Waals surface area (Å²) in [6.07, 6.45) is -3.15. The fraction of sp³-hybridized carbons (Fsp3) is 0.111. The van der Waals surface area contributed by atoms with Gasteiger partial charge in [0.05, 0.1) is 5.02 Å². The van der Waals surface area contributed by atoms with Gasteiger partial charge in [-0.15, -0.1) is 0 Å². The summed E-state index contributed by atoms with van der Waals surface area (Å²) < 4.78 is 37.9. The molecule has 0 N–H and O–H groups in total. The number of alkyl halides is 3. The topological polar surface area (TPSA) is 25.8 Å². The minimum absolute atomic E-state index is 0.0221. The molecule has 0 aliphatic rings. The first-order chi connectivity index (χ1) is 7.38. The van der Waals surface area contributed by atoms with Gasteiger partial charge in [-0.1, -0.05) is 11.6 Å². The summed E-state index contributed by atoms with van der Waals surface area (Å²) in [6, 6.07) is 2.36. The van der Waals surface area contributed by atoms with Gasteiger partial charge in [0.1, 0.15) is 5.69 Å². The zero-order valence-electron chi connectivity index (χ0n) is 7.52. The fourth-order valence-electron chi connectivity index (χ4n) is 1.19. The maximum Gasteiger partial charge on any atom is 0.433 e. The minimum atomic E-state index is -4.52. The van der Waals surface area contributed by atoms with Crippen LogP contribution in [-0.2, 0) is 6.18 Å². The number of nitrogens with zero attached hydrogens (tertiary/aromatic N) is 2. The van der Waals surface area contributed by atoms with E-state index in [-0.39, 0.29) is 10.7 Å². The van der Waals surface area contributed by atoms with Gasteiger partial charge in [-0.05, 0) is 28.1 Å². The largest absolute Gasteiger partial charge is 0.433 e. The third-order valence-corrected chi connectivity index (χ3v) is 2.62. The van der Waals surface area contributed by atoms with Gasteiger partial charge in [0.2, 0.25) is 0 Å². The summed E-state index contributed by atoms with van der Waals surface area (Å²) in [5.41, 5.74) is -1.07. The Kier molecular flexibility index (Phi) is 2.79. The number of pyridine rings is 2. The minimum Gasteiger partial charge on any atom is -0.235 e. The first-order valence-corrected chi connectivity index (χ1v) is 5.24. The fourth-order valence-corrected chi connectivity index (χ4v) is 1.76. The van der Waals surface area contributed by atoms with Crippen molar-refractivity contribution in [2.45, 2.75) is 6.18 Å². The number of hydrogen-bond donors (Lipinski definition) is 0. The van der Waals surface area contributed by atoms with E-state index in [1.165, 1.54) is 6.20 Å². The van der Waals surface area contributed by atoms with Crippen molar-refractivity contribution in [3.63, 3.8) is 0 Å². The van der Waals surface area contributed by atoms with Crippen LogP contribution in [0, 0.1) is 0 Å². The predicted molar refractivity (Wildman–Crippen MR) is 57.3 cm³/mol. The van der Waals surface area contributed by atoms with Crippen LogP contribution in [0.1, 0.15) is 5.69 Å². The molecule has 7 heteroatoms. The van der Waals surface area contributed by atoms with Crippen LogP contribution >= 0.6 is 27.5 Å². The van der Waals surface area contributed by atoms with E-state index in [9.17, 15) is 13.2 Å². The van der Waals surface area contributed by atoms with Crippen molar-refractivity contribution in [1.29, 1.82) is 0 Å². The Morgan fingerprint density at radius 1 is 1.25 bits per heavy atom. The van der Waals surface area contributed by atoms with Crippen molar-refractivity contribution in [2.75, 3.05) is 0 Å². The Hall–Kier alpha value is -0.880. The number of halogens is 5. The van der Waals surface area contributed by atoms with E-state index in [0.717, 1.165) is 6.07 Å². The molecule has 0 unspecified atom stereocenters. The van der Waals surface area contributed by atoms with Gasteiger partial charge >= 0.3 is 6.18 Å². The van der Waals surface area contributed by atoms with Crippen LogP contribution in [0.15, 0.2) is 22.8 Å². The molecule has 2 nitrogen and oxygen atoms in total. The average Bonchev–Trinajstić information content (AvgIpc) is 2.17. The van der Waals surface area contributed by atoms with Crippen molar-refractivity contribution in [3.05, 3.63) is 33.5 Å². The van der Waals surface area contributed by atoms with Crippen LogP contribution in [0.4, 0.5) is 13.2 Å². The maximum absolute atomic E-state index is 12.4. The molecule has 0 atom stereocenters. The molecule has 0 saturated carbocycles. The second-order valence-electron chi connectivity index (χ2n) is 3.01. The molecular weight excluding hydrogens is 308 g/mol. The first kappa shape index (κ1) is 11.6. The molecule has 0 spiro atoms. The van der Waals surface area contributed by atoms with Crippen molar-refractivity contribution in [3.8, 4) is 0 Å². The Balaban J connectivity index is 2.74. The van der Waals surface area contributed by atoms with E-state index < -0.39 is 11.9 Å². The van der Waals surface area contributed by atoms with Crippen LogP contribution in [0.3, 0.4) is 0 Å². The molecule has 0 aliphatic carbocycles. The molecule has 0 bridgehead atoms. The highest BCUT2D eigenvalue weighted by atomic mass is 79.9. The van der Waals surface area contributed by atoms with E-state index in [1.807, 2.05) is 0 Å². The zero-order chi connectivity index (χ0) is 11.9. The molecule has 0 amide bonds. The Morgan fingerprint density at radius 2 is 1.94 bits per heavy atom. The van der Waals surface area contributed by atoms with Gasteiger partial charge in [0, 0.05) is 16.1 Å². The van der Waals surface area contributed by atoms with Crippen LogP contribution < -0.4 is 0 Å². The highest BCUT2D eigenvalue weighted by Gasteiger charge is 2.33. The average molecular weight is 311 g/mol. The summed E-state index contributed by atoms with van der Waals surface area (Å²) in [6.45, 7) is 0. The molecule has 0 aromatic carbocycles. The number of aromatic nitrogens is 2. The summed E-state index contributed by atoms with van der Waals surface area (Å²) in [7, 11) is 0. The molecule has 0 aliphatic heterocycles. The van der Waals surface area contributed by atoms with E-state index in [0.29, 0.717) is 9.86 Å².